The van der Waals surface area contributed by atoms with Crippen molar-refractivity contribution in [2.75, 3.05) is 39.8 Å². The van der Waals surface area contributed by atoms with Crippen LogP contribution >= 0.6 is 0 Å². The van der Waals surface area contributed by atoms with E-state index in [-0.39, 0.29) is 24.3 Å². The zero-order chi connectivity index (χ0) is 18.6. The number of piperidine rings is 1. The minimum Gasteiger partial charge on any atom is -0.466 e. The Morgan fingerprint density at radius 1 is 1.28 bits per heavy atom. The van der Waals surface area contributed by atoms with Crippen LogP contribution in [0.2, 0.25) is 0 Å². The number of amides is 2. The lowest BCUT2D eigenvalue weighted by Gasteiger charge is -2.32. The smallest absolute Gasteiger partial charge is 0.309 e. The van der Waals surface area contributed by atoms with E-state index in [2.05, 4.69) is 5.32 Å². The van der Waals surface area contributed by atoms with Gasteiger partial charge in [0.05, 0.1) is 31.7 Å². The van der Waals surface area contributed by atoms with Gasteiger partial charge in [-0.05, 0) is 19.8 Å². The molecule has 0 bridgehead atoms. The summed E-state index contributed by atoms with van der Waals surface area (Å²) in [5.74, 6) is -4.08. The van der Waals surface area contributed by atoms with Gasteiger partial charge in [-0.3, -0.25) is 19.7 Å². The molecule has 142 valence electrons. The summed E-state index contributed by atoms with van der Waals surface area (Å²) in [5, 5.41) is 2.49. The highest BCUT2D eigenvalue weighted by atomic mass is 19.3. The predicted molar refractivity (Wildman–Crippen MR) is 84.9 cm³/mol. The average Bonchev–Trinajstić information content (AvgIpc) is 2.94. The number of ether oxygens (including phenoxy) is 1. The topological polar surface area (TPSA) is 79.0 Å². The van der Waals surface area contributed by atoms with Crippen molar-refractivity contribution in [3.05, 3.63) is 0 Å². The molecule has 2 aliphatic rings. The molecule has 2 heterocycles. The molecule has 2 aliphatic heterocycles. The number of carbonyl (C=O) groups excluding carboxylic acids is 3. The largest absolute Gasteiger partial charge is 0.466 e. The Labute approximate surface area is 145 Å². The molecule has 25 heavy (non-hydrogen) atoms. The van der Waals surface area contributed by atoms with E-state index in [4.69, 9.17) is 4.74 Å². The number of nitrogens with zero attached hydrogens (tertiary/aromatic N) is 2. The molecule has 0 saturated carbocycles. The molecule has 2 rings (SSSR count). The van der Waals surface area contributed by atoms with Crippen LogP contribution in [-0.4, -0.2) is 79.4 Å². The lowest BCUT2D eigenvalue weighted by atomic mass is 9.97. The van der Waals surface area contributed by atoms with Crippen molar-refractivity contribution in [1.29, 1.82) is 0 Å². The number of hydrogen-bond acceptors (Lipinski definition) is 5. The van der Waals surface area contributed by atoms with E-state index in [1.54, 1.807) is 11.8 Å². The second-order valence-corrected chi connectivity index (χ2v) is 6.59. The Kier molecular flexibility index (Phi) is 6.31. The summed E-state index contributed by atoms with van der Waals surface area (Å²) in [6, 6.07) is -0.956. The Morgan fingerprint density at radius 3 is 2.44 bits per heavy atom. The quantitative estimate of drug-likeness (QED) is 0.710. The summed E-state index contributed by atoms with van der Waals surface area (Å²) in [5.41, 5.74) is 0. The fourth-order valence-electron chi connectivity index (χ4n) is 3.16. The predicted octanol–water partition coefficient (Wildman–Crippen LogP) is 0.244. The highest BCUT2D eigenvalue weighted by Gasteiger charge is 2.43. The summed E-state index contributed by atoms with van der Waals surface area (Å²) in [4.78, 5) is 38.9. The molecule has 1 N–H and O–H groups in total. The Balaban J connectivity index is 1.78. The van der Waals surface area contributed by atoms with Crippen LogP contribution in [0.3, 0.4) is 0 Å². The van der Waals surface area contributed by atoms with Crippen molar-refractivity contribution in [2.24, 2.45) is 5.92 Å². The standard InChI is InChI=1S/C16H25F2N3O4/c1-3-25-15(24)11-4-6-21(7-5-11)13(22)9-20(2)14(23)12-8-16(17,18)10-19-12/h11-12,19H,3-10H2,1-2H3. The number of alkyl halides is 2. The van der Waals surface area contributed by atoms with Gasteiger partial charge in [-0.1, -0.05) is 0 Å². The van der Waals surface area contributed by atoms with Gasteiger partial charge in [0.15, 0.2) is 0 Å². The number of nitrogens with one attached hydrogen (secondary N) is 1. The van der Waals surface area contributed by atoms with Crippen molar-refractivity contribution in [3.8, 4) is 0 Å². The number of likely N-dealkylation sites (tertiary alicyclic amines) is 1. The summed E-state index contributed by atoms with van der Waals surface area (Å²) in [6.45, 7) is 2.24. The molecule has 0 radical (unpaired) electrons. The molecule has 9 heteroatoms. The monoisotopic (exact) mass is 361 g/mol. The molecule has 0 aromatic carbocycles. The van der Waals surface area contributed by atoms with Crippen molar-refractivity contribution in [3.63, 3.8) is 0 Å². The van der Waals surface area contributed by atoms with Gasteiger partial charge in [-0.15, -0.1) is 0 Å². The van der Waals surface area contributed by atoms with Gasteiger partial charge in [0.1, 0.15) is 0 Å². The molecule has 2 fully saturated rings. The van der Waals surface area contributed by atoms with Gasteiger partial charge < -0.3 is 14.5 Å². The summed E-state index contributed by atoms with van der Waals surface area (Å²) < 4.78 is 31.3. The second-order valence-electron chi connectivity index (χ2n) is 6.59. The highest BCUT2D eigenvalue weighted by molar-refractivity contribution is 5.87. The number of esters is 1. The Hall–Kier alpha value is -1.77. The maximum absolute atomic E-state index is 13.2. The van der Waals surface area contributed by atoms with Gasteiger partial charge in [0.2, 0.25) is 11.8 Å². The first-order valence-electron chi connectivity index (χ1n) is 8.54. The number of rotatable bonds is 5. The van der Waals surface area contributed by atoms with E-state index in [1.165, 1.54) is 11.9 Å². The molecule has 7 nitrogen and oxygen atoms in total. The van der Waals surface area contributed by atoms with Crippen molar-refractivity contribution in [1.82, 2.24) is 15.1 Å². The third-order valence-electron chi connectivity index (χ3n) is 4.62. The zero-order valence-corrected chi connectivity index (χ0v) is 14.6. The number of carbonyl (C=O) groups is 3. The fourth-order valence-corrected chi connectivity index (χ4v) is 3.16. The first-order chi connectivity index (χ1) is 11.7. The van der Waals surface area contributed by atoms with E-state index >= 15 is 0 Å². The molecule has 1 unspecified atom stereocenters. The van der Waals surface area contributed by atoms with Crippen LogP contribution in [0.1, 0.15) is 26.2 Å². The highest BCUT2D eigenvalue weighted by Crippen LogP contribution is 2.26. The van der Waals surface area contributed by atoms with Crippen molar-refractivity contribution in [2.45, 2.75) is 38.2 Å². The molecule has 0 spiro atoms. The molecule has 0 aromatic rings. The zero-order valence-electron chi connectivity index (χ0n) is 14.6. The second kappa shape index (κ2) is 8.07. The maximum atomic E-state index is 13.2. The van der Waals surface area contributed by atoms with Crippen molar-refractivity contribution >= 4 is 17.8 Å². The molecule has 1 atom stereocenters. The maximum Gasteiger partial charge on any atom is 0.309 e. The van der Waals surface area contributed by atoms with Crippen LogP contribution in [0.4, 0.5) is 8.78 Å². The third-order valence-corrected chi connectivity index (χ3v) is 4.62. The van der Waals surface area contributed by atoms with E-state index in [1.807, 2.05) is 0 Å². The third kappa shape index (κ3) is 5.10. The number of halogens is 2. The summed E-state index contributed by atoms with van der Waals surface area (Å²) >= 11 is 0. The average molecular weight is 361 g/mol. The van der Waals surface area contributed by atoms with Crippen LogP contribution in [0.15, 0.2) is 0 Å². The minimum absolute atomic E-state index is 0.160. The molecule has 2 amide bonds. The van der Waals surface area contributed by atoms with Crippen LogP contribution in [0.5, 0.6) is 0 Å². The molecular formula is C16H25F2N3O4. The van der Waals surface area contributed by atoms with E-state index in [0.29, 0.717) is 32.5 Å². The van der Waals surface area contributed by atoms with E-state index in [9.17, 15) is 23.2 Å². The summed E-state index contributed by atoms with van der Waals surface area (Å²) in [6.07, 6.45) is 0.507. The minimum atomic E-state index is -2.89. The lowest BCUT2D eigenvalue weighted by Crippen LogP contribution is -2.48. The van der Waals surface area contributed by atoms with Gasteiger partial charge in [-0.25, -0.2) is 8.78 Å². The fraction of sp³-hybridized carbons (Fsp3) is 0.812. The van der Waals surface area contributed by atoms with Crippen molar-refractivity contribution < 1.29 is 27.9 Å². The van der Waals surface area contributed by atoms with Gasteiger partial charge in [-0.2, -0.15) is 0 Å². The molecule has 2 saturated heterocycles. The summed E-state index contributed by atoms with van der Waals surface area (Å²) in [7, 11) is 1.43. The normalized spacial score (nSPS) is 23.4. The van der Waals surface area contributed by atoms with Crippen LogP contribution in [0, 0.1) is 5.92 Å². The van der Waals surface area contributed by atoms with Gasteiger partial charge >= 0.3 is 5.97 Å². The number of hydrogen-bond donors (Lipinski definition) is 1. The molecule has 0 aliphatic carbocycles. The van der Waals surface area contributed by atoms with Crippen LogP contribution < -0.4 is 5.32 Å². The number of likely N-dealkylation sites (N-methyl/N-ethyl adjacent to an activating group) is 1. The van der Waals surface area contributed by atoms with Crippen LogP contribution in [0.25, 0.3) is 0 Å². The Morgan fingerprint density at radius 2 is 1.92 bits per heavy atom. The first kappa shape index (κ1) is 19.6. The SMILES string of the molecule is CCOC(=O)C1CCN(C(=O)CN(C)C(=O)C2CC(F)(F)CN2)CC1. The molecular weight excluding hydrogens is 336 g/mol. The van der Waals surface area contributed by atoms with Gasteiger partial charge in [0.25, 0.3) is 5.92 Å². The van der Waals surface area contributed by atoms with Gasteiger partial charge in [0, 0.05) is 26.6 Å². The van der Waals surface area contributed by atoms with E-state index in [0.717, 1.165) is 0 Å². The van der Waals surface area contributed by atoms with Crippen LogP contribution in [-0.2, 0) is 19.1 Å². The van der Waals surface area contributed by atoms with E-state index < -0.39 is 30.8 Å². The molecule has 0 aromatic heterocycles. The lowest BCUT2D eigenvalue weighted by molar-refractivity contribution is -0.151. The Bertz CT molecular complexity index is 522. The first-order valence-corrected chi connectivity index (χ1v) is 8.54.